The number of carbonyl (C=O) groups excluding carboxylic acids is 1. The molecule has 1 aliphatic rings. The van der Waals surface area contributed by atoms with E-state index < -0.39 is 33.9 Å². The number of hydrogen-bond acceptors (Lipinski definition) is 4. The molecule has 3 aromatic rings. The van der Waals surface area contributed by atoms with Crippen molar-refractivity contribution >= 4 is 33.2 Å². The van der Waals surface area contributed by atoms with Crippen LogP contribution >= 0.6 is 11.6 Å². The van der Waals surface area contributed by atoms with Gasteiger partial charge in [0.1, 0.15) is 23.7 Å². The smallest absolute Gasteiger partial charge is 0.264 e. The van der Waals surface area contributed by atoms with E-state index >= 15 is 0 Å². The average molecular weight is 503 g/mol. The molecule has 1 unspecified atom stereocenters. The number of sulfonamides is 1. The van der Waals surface area contributed by atoms with Crippen molar-refractivity contribution in [3.8, 4) is 5.75 Å². The van der Waals surface area contributed by atoms with Crippen LogP contribution in [-0.2, 0) is 14.8 Å². The number of ether oxygens (including phenoxy) is 1. The largest absolute Gasteiger partial charge is 0.487 e. The molecule has 34 heavy (non-hydrogen) atoms. The van der Waals surface area contributed by atoms with Crippen molar-refractivity contribution in [2.45, 2.75) is 36.8 Å². The number of amides is 1. The second kappa shape index (κ2) is 9.27. The molecule has 0 saturated heterocycles. The van der Waals surface area contributed by atoms with Gasteiger partial charge in [0.05, 0.1) is 21.6 Å². The number of nitrogens with one attached hydrogen (secondary N) is 1. The van der Waals surface area contributed by atoms with Crippen LogP contribution in [0.3, 0.4) is 0 Å². The lowest BCUT2D eigenvalue weighted by molar-refractivity contribution is -0.120. The lowest BCUT2D eigenvalue weighted by Crippen LogP contribution is -2.45. The van der Waals surface area contributed by atoms with Crippen molar-refractivity contribution in [2.75, 3.05) is 10.8 Å². The quantitative estimate of drug-likeness (QED) is 0.509. The molecule has 1 amide bonds. The number of benzene rings is 3. The molecule has 0 fully saturated rings. The van der Waals surface area contributed by atoms with E-state index in [-0.39, 0.29) is 21.6 Å². The molecule has 1 atom stereocenters. The summed E-state index contributed by atoms with van der Waals surface area (Å²) in [4.78, 5) is 13.2. The van der Waals surface area contributed by atoms with Crippen LogP contribution in [0.15, 0.2) is 77.7 Å². The topological polar surface area (TPSA) is 75.7 Å². The van der Waals surface area contributed by atoms with Crippen LogP contribution in [0.4, 0.5) is 10.1 Å². The van der Waals surface area contributed by atoms with Gasteiger partial charge in [-0.3, -0.25) is 9.10 Å². The summed E-state index contributed by atoms with van der Waals surface area (Å²) in [6, 6.07) is 18.3. The maximum absolute atomic E-state index is 13.8. The maximum Gasteiger partial charge on any atom is 0.264 e. The SMILES string of the molecule is CC1(C)CC(NC(=O)CN(c2ccc(F)c(Cl)c2)S(=O)(=O)c2ccccc2)c2ccccc2O1. The van der Waals surface area contributed by atoms with Gasteiger partial charge in [-0.05, 0) is 50.2 Å². The van der Waals surface area contributed by atoms with E-state index in [1.807, 2.05) is 38.1 Å². The molecule has 0 radical (unpaired) electrons. The number of hydrogen-bond donors (Lipinski definition) is 1. The molecule has 1 N–H and O–H groups in total. The minimum absolute atomic E-state index is 0.000734. The molecule has 0 saturated carbocycles. The Morgan fingerprint density at radius 1 is 1.12 bits per heavy atom. The summed E-state index contributed by atoms with van der Waals surface area (Å²) in [6.07, 6.45) is 0.504. The molecule has 1 heterocycles. The summed E-state index contributed by atoms with van der Waals surface area (Å²) >= 11 is 5.92. The third-order valence-corrected chi connectivity index (χ3v) is 7.60. The molecule has 3 aromatic carbocycles. The Hall–Kier alpha value is -3.10. The van der Waals surface area contributed by atoms with Gasteiger partial charge in [-0.15, -0.1) is 0 Å². The second-order valence-electron chi connectivity index (χ2n) is 8.65. The monoisotopic (exact) mass is 502 g/mol. The zero-order chi connectivity index (χ0) is 24.5. The van der Waals surface area contributed by atoms with E-state index in [1.165, 1.54) is 24.3 Å². The van der Waals surface area contributed by atoms with Crippen molar-refractivity contribution < 1.29 is 22.3 Å². The van der Waals surface area contributed by atoms with Crippen molar-refractivity contribution in [2.24, 2.45) is 0 Å². The van der Waals surface area contributed by atoms with Crippen molar-refractivity contribution in [3.05, 3.63) is 89.2 Å². The van der Waals surface area contributed by atoms with Gasteiger partial charge in [-0.2, -0.15) is 0 Å². The Balaban J connectivity index is 1.66. The number of fused-ring (bicyclic) bond motifs is 1. The number of anilines is 1. The standard InChI is InChI=1S/C25H24ClFN2O4S/c1-25(2)15-22(19-10-6-7-11-23(19)33-25)28-24(30)16-29(17-12-13-21(27)20(26)14-17)34(31,32)18-8-4-3-5-9-18/h3-14,22H,15-16H2,1-2H3,(H,28,30). The summed E-state index contributed by atoms with van der Waals surface area (Å²) in [5.41, 5.74) is 0.377. The minimum atomic E-state index is -4.14. The van der Waals surface area contributed by atoms with E-state index in [2.05, 4.69) is 5.32 Å². The molecular formula is C25H24ClFN2O4S. The zero-order valence-electron chi connectivity index (χ0n) is 18.7. The van der Waals surface area contributed by atoms with E-state index in [0.717, 1.165) is 15.9 Å². The Morgan fingerprint density at radius 2 is 1.79 bits per heavy atom. The predicted molar refractivity (Wildman–Crippen MR) is 129 cm³/mol. The highest BCUT2D eigenvalue weighted by molar-refractivity contribution is 7.92. The van der Waals surface area contributed by atoms with Crippen LogP contribution in [-0.4, -0.2) is 26.5 Å². The summed E-state index contributed by atoms with van der Waals surface area (Å²) in [7, 11) is -4.14. The number of rotatable bonds is 6. The van der Waals surface area contributed by atoms with Crippen LogP contribution in [0.2, 0.25) is 5.02 Å². The molecular weight excluding hydrogens is 479 g/mol. The Labute approximate surface area is 203 Å². The van der Waals surface area contributed by atoms with Crippen LogP contribution < -0.4 is 14.4 Å². The van der Waals surface area contributed by atoms with Gasteiger partial charge in [-0.25, -0.2) is 12.8 Å². The van der Waals surface area contributed by atoms with Gasteiger partial charge >= 0.3 is 0 Å². The first-order chi connectivity index (χ1) is 16.1. The summed E-state index contributed by atoms with van der Waals surface area (Å²) in [5.74, 6) is -0.534. The predicted octanol–water partition coefficient (Wildman–Crippen LogP) is 5.09. The summed E-state index contributed by atoms with van der Waals surface area (Å²) in [6.45, 7) is 3.34. The van der Waals surface area contributed by atoms with Crippen molar-refractivity contribution in [1.82, 2.24) is 5.32 Å². The number of para-hydroxylation sites is 1. The zero-order valence-corrected chi connectivity index (χ0v) is 20.2. The van der Waals surface area contributed by atoms with Gasteiger partial charge in [0.25, 0.3) is 10.0 Å². The highest BCUT2D eigenvalue weighted by atomic mass is 35.5. The lowest BCUT2D eigenvalue weighted by atomic mass is 9.89. The second-order valence-corrected chi connectivity index (χ2v) is 10.9. The van der Waals surface area contributed by atoms with Crippen LogP contribution in [0.5, 0.6) is 5.75 Å². The molecule has 9 heteroatoms. The molecule has 4 rings (SSSR count). The molecule has 1 aliphatic heterocycles. The van der Waals surface area contributed by atoms with Crippen LogP contribution in [0.25, 0.3) is 0 Å². The van der Waals surface area contributed by atoms with Gasteiger partial charge in [-0.1, -0.05) is 48.0 Å². The summed E-state index contributed by atoms with van der Waals surface area (Å²) < 4.78 is 47.6. The molecule has 178 valence electrons. The highest BCUT2D eigenvalue weighted by Crippen LogP contribution is 2.39. The molecule has 0 spiro atoms. The minimum Gasteiger partial charge on any atom is -0.487 e. The van der Waals surface area contributed by atoms with Crippen LogP contribution in [0, 0.1) is 5.82 Å². The Morgan fingerprint density at radius 3 is 2.50 bits per heavy atom. The first kappa shape index (κ1) is 24.0. The molecule has 0 aliphatic carbocycles. The average Bonchev–Trinajstić information content (AvgIpc) is 2.79. The molecule has 6 nitrogen and oxygen atoms in total. The molecule has 0 bridgehead atoms. The summed E-state index contributed by atoms with van der Waals surface area (Å²) in [5, 5.41) is 2.70. The van der Waals surface area contributed by atoms with Crippen molar-refractivity contribution in [3.63, 3.8) is 0 Å². The van der Waals surface area contributed by atoms with Gasteiger partial charge in [0.2, 0.25) is 5.91 Å². The van der Waals surface area contributed by atoms with Crippen molar-refractivity contribution in [1.29, 1.82) is 0 Å². The fourth-order valence-electron chi connectivity index (χ4n) is 3.98. The number of carbonyl (C=O) groups is 1. The lowest BCUT2D eigenvalue weighted by Gasteiger charge is -2.38. The number of nitrogens with zero attached hydrogens (tertiary/aromatic N) is 1. The van der Waals surface area contributed by atoms with Gasteiger partial charge in [0, 0.05) is 12.0 Å². The Bertz CT molecular complexity index is 1320. The first-order valence-electron chi connectivity index (χ1n) is 10.7. The van der Waals surface area contributed by atoms with Gasteiger partial charge in [0.15, 0.2) is 0 Å². The van der Waals surface area contributed by atoms with Crippen LogP contribution in [0.1, 0.15) is 31.9 Å². The highest BCUT2D eigenvalue weighted by Gasteiger charge is 2.35. The van der Waals surface area contributed by atoms with Gasteiger partial charge < -0.3 is 10.1 Å². The third-order valence-electron chi connectivity index (χ3n) is 5.52. The fourth-order valence-corrected chi connectivity index (χ4v) is 5.58. The van der Waals surface area contributed by atoms with E-state index in [4.69, 9.17) is 16.3 Å². The normalized spacial score (nSPS) is 16.8. The first-order valence-corrected chi connectivity index (χ1v) is 12.5. The fraction of sp³-hybridized carbons (Fsp3) is 0.240. The maximum atomic E-state index is 13.8. The number of halogens is 2. The van der Waals surface area contributed by atoms with E-state index in [9.17, 15) is 17.6 Å². The third kappa shape index (κ3) is 5.03. The van der Waals surface area contributed by atoms with E-state index in [1.54, 1.807) is 18.2 Å². The Kier molecular flexibility index (Phi) is 6.55. The van der Waals surface area contributed by atoms with E-state index in [0.29, 0.717) is 12.2 Å². The molecule has 0 aromatic heterocycles.